The lowest BCUT2D eigenvalue weighted by Crippen LogP contribution is -1.87. The van der Waals surface area contributed by atoms with Gasteiger partial charge in [-0.3, -0.25) is 0 Å². The summed E-state index contributed by atoms with van der Waals surface area (Å²) >= 11 is 0. The number of aryl methyl sites for hydroxylation is 1. The molecule has 0 heteroatoms. The van der Waals surface area contributed by atoms with Gasteiger partial charge in [-0.05, 0) is 54.9 Å². The Morgan fingerprint density at radius 2 is 1.00 bits per heavy atom. The van der Waals surface area contributed by atoms with Gasteiger partial charge in [0, 0.05) is 0 Å². The van der Waals surface area contributed by atoms with Crippen LogP contribution in [0, 0.1) is 0 Å². The van der Waals surface area contributed by atoms with Gasteiger partial charge in [0.05, 0.1) is 0 Å². The summed E-state index contributed by atoms with van der Waals surface area (Å²) in [6.07, 6.45) is 31.3. The van der Waals surface area contributed by atoms with Crippen molar-refractivity contribution in [1.82, 2.24) is 0 Å². The van der Waals surface area contributed by atoms with Crippen molar-refractivity contribution < 1.29 is 0 Å². The van der Waals surface area contributed by atoms with Crippen molar-refractivity contribution >= 4 is 10.8 Å². The van der Waals surface area contributed by atoms with Gasteiger partial charge in [0.1, 0.15) is 0 Å². The van der Waals surface area contributed by atoms with E-state index in [-0.39, 0.29) is 0 Å². The summed E-state index contributed by atoms with van der Waals surface area (Å²) in [6, 6.07) is 15.7. The van der Waals surface area contributed by atoms with Crippen molar-refractivity contribution in [2.24, 2.45) is 0 Å². The van der Waals surface area contributed by atoms with E-state index in [1.807, 2.05) is 0 Å². The van der Waals surface area contributed by atoms with Crippen molar-refractivity contribution in [2.45, 2.75) is 129 Å². The summed E-state index contributed by atoms with van der Waals surface area (Å²) in [5.74, 6) is 0. The average molecular weight is 435 g/mol. The summed E-state index contributed by atoms with van der Waals surface area (Å²) in [4.78, 5) is 0. The van der Waals surface area contributed by atoms with Gasteiger partial charge in [-0.2, -0.15) is 0 Å². The molecule has 0 spiro atoms. The van der Waals surface area contributed by atoms with E-state index in [0.29, 0.717) is 0 Å². The molecule has 0 atom stereocenters. The smallest absolute Gasteiger partial charge is 0.0181 e. The van der Waals surface area contributed by atoms with E-state index >= 15 is 0 Å². The third kappa shape index (κ3) is 13.1. The molecule has 0 aromatic heterocycles. The number of fused-ring (bicyclic) bond motifs is 1. The Kier molecular flexibility index (Phi) is 15.8. The standard InChI is InChI=1S/C32H50/c1-2-3-4-5-6-7-8-9-10-11-12-13-14-15-16-17-18-19-20-21-24-30-27-28-31-25-22-23-26-32(31)29-30/h7-8,22-23,25-29H,2-6,9-21,24H2,1H3/b8-7+. The number of benzene rings is 2. The Morgan fingerprint density at radius 3 is 1.59 bits per heavy atom. The maximum atomic E-state index is 2.42. The molecule has 0 bridgehead atoms. The molecule has 0 amide bonds. The van der Waals surface area contributed by atoms with Gasteiger partial charge in [-0.15, -0.1) is 0 Å². The zero-order valence-corrected chi connectivity index (χ0v) is 21.1. The second kappa shape index (κ2) is 19.0. The van der Waals surface area contributed by atoms with Crippen LogP contribution in [0.25, 0.3) is 10.8 Å². The molecule has 0 unspecified atom stereocenters. The van der Waals surface area contributed by atoms with E-state index in [0.717, 1.165) is 0 Å². The summed E-state index contributed by atoms with van der Waals surface area (Å²) in [5, 5.41) is 2.74. The first-order valence-electron chi connectivity index (χ1n) is 14.0. The van der Waals surface area contributed by atoms with E-state index < -0.39 is 0 Å². The fraction of sp³-hybridized carbons (Fsp3) is 0.625. The van der Waals surface area contributed by atoms with Crippen LogP contribution in [0.15, 0.2) is 54.6 Å². The predicted molar refractivity (Wildman–Crippen MR) is 146 cm³/mol. The minimum Gasteiger partial charge on any atom is -0.0885 e. The molecule has 178 valence electrons. The topological polar surface area (TPSA) is 0 Å². The van der Waals surface area contributed by atoms with Crippen LogP contribution in [0.3, 0.4) is 0 Å². The van der Waals surface area contributed by atoms with Crippen molar-refractivity contribution in [2.75, 3.05) is 0 Å². The van der Waals surface area contributed by atoms with Gasteiger partial charge < -0.3 is 0 Å². The van der Waals surface area contributed by atoms with Gasteiger partial charge in [0.25, 0.3) is 0 Å². The quantitative estimate of drug-likeness (QED) is 0.143. The van der Waals surface area contributed by atoms with Crippen LogP contribution in [0.2, 0.25) is 0 Å². The largest absolute Gasteiger partial charge is 0.0885 e. The molecule has 2 aromatic rings. The number of hydrogen-bond donors (Lipinski definition) is 0. The molecule has 0 aliphatic carbocycles. The van der Waals surface area contributed by atoms with E-state index in [4.69, 9.17) is 0 Å². The van der Waals surface area contributed by atoms with Crippen LogP contribution in [0.4, 0.5) is 0 Å². The van der Waals surface area contributed by atoms with E-state index in [1.54, 1.807) is 0 Å². The van der Waals surface area contributed by atoms with Crippen molar-refractivity contribution in [1.29, 1.82) is 0 Å². The van der Waals surface area contributed by atoms with Crippen LogP contribution in [0.1, 0.15) is 128 Å². The third-order valence-corrected chi connectivity index (χ3v) is 6.79. The zero-order valence-electron chi connectivity index (χ0n) is 21.1. The fourth-order valence-electron chi connectivity index (χ4n) is 4.68. The predicted octanol–water partition coefficient (Wildman–Crippen LogP) is 11.0. The summed E-state index contributed by atoms with van der Waals surface area (Å²) in [6.45, 7) is 2.28. The molecule has 0 N–H and O–H groups in total. The van der Waals surface area contributed by atoms with Crippen LogP contribution >= 0.6 is 0 Å². The first-order chi connectivity index (χ1) is 15.9. The lowest BCUT2D eigenvalue weighted by Gasteiger charge is -2.05. The number of unbranched alkanes of at least 4 members (excludes halogenated alkanes) is 16. The lowest BCUT2D eigenvalue weighted by molar-refractivity contribution is 0.541. The average Bonchev–Trinajstić information content (AvgIpc) is 2.82. The molecule has 0 fully saturated rings. The minimum absolute atomic E-state index is 1.24. The monoisotopic (exact) mass is 434 g/mol. The van der Waals surface area contributed by atoms with Gasteiger partial charge >= 0.3 is 0 Å². The normalized spacial score (nSPS) is 11.7. The van der Waals surface area contributed by atoms with Crippen LogP contribution in [-0.2, 0) is 6.42 Å². The Bertz CT molecular complexity index is 711. The molecule has 0 nitrogen and oxygen atoms in total. The highest BCUT2D eigenvalue weighted by atomic mass is 14.0. The fourth-order valence-corrected chi connectivity index (χ4v) is 4.68. The van der Waals surface area contributed by atoms with Gasteiger partial charge in [-0.25, -0.2) is 0 Å². The summed E-state index contributed by atoms with van der Waals surface area (Å²) in [5.41, 5.74) is 1.50. The van der Waals surface area contributed by atoms with E-state index in [1.165, 1.54) is 138 Å². The van der Waals surface area contributed by atoms with Gasteiger partial charge in [0.2, 0.25) is 0 Å². The number of hydrogen-bond acceptors (Lipinski definition) is 0. The minimum atomic E-state index is 1.24. The number of allylic oxidation sites excluding steroid dienone is 2. The second-order valence-corrected chi connectivity index (χ2v) is 9.78. The molecule has 0 saturated heterocycles. The second-order valence-electron chi connectivity index (χ2n) is 9.78. The van der Waals surface area contributed by atoms with Crippen LogP contribution < -0.4 is 0 Å². The number of rotatable bonds is 20. The van der Waals surface area contributed by atoms with Gasteiger partial charge in [0.15, 0.2) is 0 Å². The Balaban J connectivity index is 1.30. The molecular weight excluding hydrogens is 384 g/mol. The first kappa shape index (κ1) is 26.7. The molecule has 0 aliphatic heterocycles. The highest BCUT2D eigenvalue weighted by Gasteiger charge is 1.98. The van der Waals surface area contributed by atoms with Gasteiger partial charge in [-0.1, -0.05) is 145 Å². The van der Waals surface area contributed by atoms with E-state index in [2.05, 4.69) is 61.5 Å². The first-order valence-corrected chi connectivity index (χ1v) is 14.0. The molecule has 2 rings (SSSR count). The van der Waals surface area contributed by atoms with Crippen molar-refractivity contribution in [3.63, 3.8) is 0 Å². The highest BCUT2D eigenvalue weighted by molar-refractivity contribution is 5.82. The van der Waals surface area contributed by atoms with Crippen molar-refractivity contribution in [3.05, 3.63) is 60.2 Å². The molecule has 0 radical (unpaired) electrons. The molecule has 2 aromatic carbocycles. The summed E-state index contributed by atoms with van der Waals surface area (Å²) in [7, 11) is 0. The van der Waals surface area contributed by atoms with Crippen molar-refractivity contribution in [3.8, 4) is 0 Å². The molecule has 32 heavy (non-hydrogen) atoms. The highest BCUT2D eigenvalue weighted by Crippen LogP contribution is 2.18. The molecular formula is C32H50. The summed E-state index contributed by atoms with van der Waals surface area (Å²) < 4.78 is 0. The molecule has 0 aliphatic rings. The Hall–Kier alpha value is -1.56. The third-order valence-electron chi connectivity index (χ3n) is 6.79. The maximum Gasteiger partial charge on any atom is -0.0181 e. The zero-order chi connectivity index (χ0) is 22.5. The lowest BCUT2D eigenvalue weighted by atomic mass is 10.0. The molecule has 0 saturated carbocycles. The Morgan fingerprint density at radius 1 is 0.500 bits per heavy atom. The maximum absolute atomic E-state index is 2.42. The van der Waals surface area contributed by atoms with E-state index in [9.17, 15) is 0 Å². The van der Waals surface area contributed by atoms with Crippen LogP contribution in [-0.4, -0.2) is 0 Å². The SMILES string of the molecule is CCCCCC/C=C/CCCCCCCCCCCCCCc1ccc2ccccc2c1. The Labute approximate surface area is 199 Å². The van der Waals surface area contributed by atoms with Crippen LogP contribution in [0.5, 0.6) is 0 Å². The molecule has 0 heterocycles.